The lowest BCUT2D eigenvalue weighted by Gasteiger charge is -2.30. The van der Waals surface area contributed by atoms with E-state index in [1.54, 1.807) is 11.8 Å². The molecule has 0 fully saturated rings. The Morgan fingerprint density at radius 3 is 2.62 bits per heavy atom. The first kappa shape index (κ1) is 22.1. The van der Waals surface area contributed by atoms with Crippen molar-refractivity contribution in [2.45, 2.75) is 37.8 Å². The van der Waals surface area contributed by atoms with E-state index in [1.807, 2.05) is 78.9 Å². The molecule has 0 saturated carbocycles. The molecule has 2 aromatic carbocycles. The normalized spacial score (nSPS) is 12.9. The average molecular weight is 446 g/mol. The maximum absolute atomic E-state index is 12.8. The second kappa shape index (κ2) is 10.0. The van der Waals surface area contributed by atoms with Crippen LogP contribution in [0.2, 0.25) is 0 Å². The third-order valence-electron chi connectivity index (χ3n) is 5.92. The third kappa shape index (κ3) is 4.86. The standard InChI is InChI=1S/C26H27N3O2S/c1-18-23(16-28-26(31)22-10-6-7-11-24(22)32-2)21-12-13-29(17-20(21)15-27-18)25(30)14-19-8-4-3-5-9-19/h3-11,15H,12-14,16-17H2,1-2H3,(H,28,31). The van der Waals surface area contributed by atoms with Crippen LogP contribution < -0.4 is 5.32 Å². The summed E-state index contributed by atoms with van der Waals surface area (Å²) in [5.41, 5.74) is 5.97. The minimum atomic E-state index is -0.0811. The van der Waals surface area contributed by atoms with Crippen molar-refractivity contribution in [1.29, 1.82) is 0 Å². The zero-order chi connectivity index (χ0) is 22.5. The van der Waals surface area contributed by atoms with Gasteiger partial charge in [0.25, 0.3) is 5.91 Å². The number of carbonyl (C=O) groups is 2. The summed E-state index contributed by atoms with van der Waals surface area (Å²) in [5, 5.41) is 3.07. The van der Waals surface area contributed by atoms with Gasteiger partial charge in [-0.25, -0.2) is 0 Å². The van der Waals surface area contributed by atoms with Crippen LogP contribution in [-0.2, 0) is 30.7 Å². The number of nitrogens with zero attached hydrogens (tertiary/aromatic N) is 2. The smallest absolute Gasteiger partial charge is 0.252 e. The van der Waals surface area contributed by atoms with E-state index < -0.39 is 0 Å². The molecule has 0 bridgehead atoms. The van der Waals surface area contributed by atoms with Gasteiger partial charge in [0.1, 0.15) is 0 Å². The fourth-order valence-corrected chi connectivity index (χ4v) is 4.74. The summed E-state index contributed by atoms with van der Waals surface area (Å²) < 4.78 is 0. The molecule has 2 amide bonds. The van der Waals surface area contributed by atoms with E-state index in [2.05, 4.69) is 10.3 Å². The van der Waals surface area contributed by atoms with Crippen LogP contribution in [0.25, 0.3) is 0 Å². The number of benzene rings is 2. The summed E-state index contributed by atoms with van der Waals surface area (Å²) in [7, 11) is 0. The molecule has 1 aliphatic rings. The van der Waals surface area contributed by atoms with Crippen LogP contribution in [0.4, 0.5) is 0 Å². The first-order valence-corrected chi connectivity index (χ1v) is 12.0. The van der Waals surface area contributed by atoms with Crippen LogP contribution >= 0.6 is 11.8 Å². The molecule has 0 unspecified atom stereocenters. The number of nitrogens with one attached hydrogen (secondary N) is 1. The number of aromatic nitrogens is 1. The summed E-state index contributed by atoms with van der Waals surface area (Å²) in [5.74, 6) is 0.0494. The van der Waals surface area contributed by atoms with E-state index in [4.69, 9.17) is 0 Å². The van der Waals surface area contributed by atoms with Gasteiger partial charge in [-0.2, -0.15) is 0 Å². The van der Waals surface area contributed by atoms with Crippen molar-refractivity contribution < 1.29 is 9.59 Å². The number of pyridine rings is 1. The predicted octanol–water partition coefficient (Wildman–Crippen LogP) is 4.17. The van der Waals surface area contributed by atoms with Gasteiger partial charge < -0.3 is 10.2 Å². The fraction of sp³-hybridized carbons (Fsp3) is 0.269. The molecule has 6 heteroatoms. The molecule has 1 N–H and O–H groups in total. The van der Waals surface area contributed by atoms with E-state index in [9.17, 15) is 9.59 Å². The lowest BCUT2D eigenvalue weighted by atomic mass is 9.94. The molecule has 0 spiro atoms. The molecule has 0 atom stereocenters. The number of aryl methyl sites for hydroxylation is 1. The highest BCUT2D eigenvalue weighted by molar-refractivity contribution is 7.98. The quantitative estimate of drug-likeness (QED) is 0.579. The summed E-state index contributed by atoms with van der Waals surface area (Å²) in [6.07, 6.45) is 5.03. The van der Waals surface area contributed by atoms with Crippen LogP contribution in [0.5, 0.6) is 0 Å². The molecule has 0 saturated heterocycles. The zero-order valence-electron chi connectivity index (χ0n) is 18.4. The highest BCUT2D eigenvalue weighted by Gasteiger charge is 2.24. The van der Waals surface area contributed by atoms with Gasteiger partial charge >= 0.3 is 0 Å². The largest absolute Gasteiger partial charge is 0.348 e. The number of thioether (sulfide) groups is 1. The Balaban J connectivity index is 1.46. The lowest BCUT2D eigenvalue weighted by Crippen LogP contribution is -2.38. The molecule has 1 aliphatic heterocycles. The Bertz CT molecular complexity index is 1130. The molecule has 4 rings (SSSR count). The Kier molecular flexibility index (Phi) is 6.90. The highest BCUT2D eigenvalue weighted by Crippen LogP contribution is 2.25. The Labute approximate surface area is 193 Å². The molecule has 164 valence electrons. The number of hydrogen-bond donors (Lipinski definition) is 1. The molecule has 0 aliphatic carbocycles. The van der Waals surface area contributed by atoms with Gasteiger partial charge in [-0.05, 0) is 54.0 Å². The minimum Gasteiger partial charge on any atom is -0.348 e. The van der Waals surface area contributed by atoms with E-state index >= 15 is 0 Å². The van der Waals surface area contributed by atoms with Crippen molar-refractivity contribution in [2.24, 2.45) is 0 Å². The van der Waals surface area contributed by atoms with Crippen molar-refractivity contribution in [3.05, 3.63) is 94.3 Å². The van der Waals surface area contributed by atoms with Gasteiger partial charge in [0, 0.05) is 36.4 Å². The van der Waals surface area contributed by atoms with E-state index in [-0.39, 0.29) is 11.8 Å². The van der Waals surface area contributed by atoms with Crippen molar-refractivity contribution in [3.8, 4) is 0 Å². The van der Waals surface area contributed by atoms with Crippen LogP contribution in [0, 0.1) is 6.92 Å². The van der Waals surface area contributed by atoms with Gasteiger partial charge in [0.05, 0.1) is 12.0 Å². The van der Waals surface area contributed by atoms with Crippen molar-refractivity contribution in [2.75, 3.05) is 12.8 Å². The number of hydrogen-bond acceptors (Lipinski definition) is 4. The van der Waals surface area contributed by atoms with E-state index in [0.717, 1.165) is 33.7 Å². The maximum Gasteiger partial charge on any atom is 0.252 e. The molecule has 0 radical (unpaired) electrons. The molecule has 1 aromatic heterocycles. The molecule has 5 nitrogen and oxygen atoms in total. The fourth-order valence-electron chi connectivity index (χ4n) is 4.15. The second-order valence-electron chi connectivity index (χ2n) is 7.94. The SMILES string of the molecule is CSc1ccccc1C(=O)NCc1c(C)ncc2c1CCN(C(=O)Cc1ccccc1)C2. The van der Waals surface area contributed by atoms with Gasteiger partial charge in [-0.15, -0.1) is 11.8 Å². The Morgan fingerprint density at radius 2 is 1.84 bits per heavy atom. The summed E-state index contributed by atoms with van der Waals surface area (Å²) in [6, 6.07) is 17.5. The highest BCUT2D eigenvalue weighted by atomic mass is 32.2. The van der Waals surface area contributed by atoms with Gasteiger partial charge in [0.15, 0.2) is 0 Å². The van der Waals surface area contributed by atoms with Crippen molar-refractivity contribution in [3.63, 3.8) is 0 Å². The van der Waals surface area contributed by atoms with Gasteiger partial charge in [0.2, 0.25) is 5.91 Å². The zero-order valence-corrected chi connectivity index (χ0v) is 19.2. The number of rotatable bonds is 6. The van der Waals surface area contributed by atoms with Crippen LogP contribution in [0.15, 0.2) is 65.7 Å². The summed E-state index contributed by atoms with van der Waals surface area (Å²) in [6.45, 7) is 3.65. The molecule has 2 heterocycles. The van der Waals surface area contributed by atoms with Crippen molar-refractivity contribution >= 4 is 23.6 Å². The first-order chi connectivity index (χ1) is 15.6. The second-order valence-corrected chi connectivity index (χ2v) is 8.78. The first-order valence-electron chi connectivity index (χ1n) is 10.8. The monoisotopic (exact) mass is 445 g/mol. The van der Waals surface area contributed by atoms with Crippen LogP contribution in [-0.4, -0.2) is 34.5 Å². The Hall–Kier alpha value is -3.12. The van der Waals surface area contributed by atoms with Crippen LogP contribution in [0.3, 0.4) is 0 Å². The summed E-state index contributed by atoms with van der Waals surface area (Å²) >= 11 is 1.56. The molecular weight excluding hydrogens is 418 g/mol. The number of fused-ring (bicyclic) bond motifs is 1. The topological polar surface area (TPSA) is 62.3 Å². The average Bonchev–Trinajstić information content (AvgIpc) is 2.83. The van der Waals surface area contributed by atoms with E-state index in [0.29, 0.717) is 31.6 Å². The lowest BCUT2D eigenvalue weighted by molar-refractivity contribution is -0.131. The molecule has 3 aromatic rings. The van der Waals surface area contributed by atoms with Gasteiger partial charge in [-0.3, -0.25) is 14.6 Å². The van der Waals surface area contributed by atoms with Crippen molar-refractivity contribution in [1.82, 2.24) is 15.2 Å². The minimum absolute atomic E-state index is 0.0811. The van der Waals surface area contributed by atoms with E-state index in [1.165, 1.54) is 5.56 Å². The van der Waals surface area contributed by atoms with Crippen LogP contribution in [0.1, 0.15) is 38.3 Å². The molecular formula is C26H27N3O2S. The third-order valence-corrected chi connectivity index (χ3v) is 6.72. The predicted molar refractivity (Wildman–Crippen MR) is 128 cm³/mol. The summed E-state index contributed by atoms with van der Waals surface area (Å²) in [4.78, 5) is 33.0. The maximum atomic E-state index is 12.8. The number of carbonyl (C=O) groups excluding carboxylic acids is 2. The van der Waals surface area contributed by atoms with Gasteiger partial charge in [-0.1, -0.05) is 42.5 Å². The number of amides is 2. The Morgan fingerprint density at radius 1 is 1.09 bits per heavy atom. The molecule has 32 heavy (non-hydrogen) atoms.